The summed E-state index contributed by atoms with van der Waals surface area (Å²) in [6.07, 6.45) is 0. The van der Waals surface area contributed by atoms with E-state index in [1.807, 2.05) is 26.0 Å². The second kappa shape index (κ2) is 5.39. The van der Waals surface area contributed by atoms with Crippen molar-refractivity contribution in [3.8, 4) is 0 Å². The van der Waals surface area contributed by atoms with E-state index in [9.17, 15) is 8.78 Å². The van der Waals surface area contributed by atoms with Crippen LogP contribution in [0.2, 0.25) is 0 Å². The third kappa shape index (κ3) is 2.92. The van der Waals surface area contributed by atoms with E-state index < -0.39 is 0 Å². The van der Waals surface area contributed by atoms with E-state index in [0.29, 0.717) is 11.3 Å². The summed E-state index contributed by atoms with van der Waals surface area (Å²) in [4.78, 5) is 0. The fraction of sp³-hybridized carbons (Fsp3) is 0.250. The summed E-state index contributed by atoms with van der Waals surface area (Å²) in [7, 11) is 0. The van der Waals surface area contributed by atoms with Crippen molar-refractivity contribution in [3.05, 3.63) is 64.7 Å². The van der Waals surface area contributed by atoms with Gasteiger partial charge in [0.05, 0.1) is 5.69 Å². The van der Waals surface area contributed by atoms with Gasteiger partial charge in [-0.05, 0) is 49.6 Å². The van der Waals surface area contributed by atoms with E-state index in [0.717, 1.165) is 11.1 Å². The summed E-state index contributed by atoms with van der Waals surface area (Å²) in [6, 6.07) is 9.84. The Morgan fingerprint density at radius 1 is 0.947 bits per heavy atom. The summed E-state index contributed by atoms with van der Waals surface area (Å²) in [5.74, 6) is -0.532. The molecule has 0 aromatic heterocycles. The van der Waals surface area contributed by atoms with Crippen LogP contribution in [0.4, 0.5) is 14.5 Å². The predicted octanol–water partition coefficient (Wildman–Crippen LogP) is 4.75. The smallest absolute Gasteiger partial charge is 0.146 e. The minimum atomic E-state index is -0.292. The summed E-state index contributed by atoms with van der Waals surface area (Å²) in [5, 5.41) is 3.10. The maximum Gasteiger partial charge on any atom is 0.146 e. The van der Waals surface area contributed by atoms with Gasteiger partial charge in [-0.1, -0.05) is 24.3 Å². The summed E-state index contributed by atoms with van der Waals surface area (Å²) >= 11 is 0. The number of aryl methyl sites for hydroxylation is 2. The summed E-state index contributed by atoms with van der Waals surface area (Å²) < 4.78 is 27.3. The van der Waals surface area contributed by atoms with Gasteiger partial charge >= 0.3 is 0 Å². The molecule has 0 saturated heterocycles. The quantitative estimate of drug-likeness (QED) is 0.840. The molecule has 1 atom stereocenters. The molecule has 1 N–H and O–H groups in total. The molecule has 0 saturated carbocycles. The molecule has 0 aliphatic heterocycles. The highest BCUT2D eigenvalue weighted by Crippen LogP contribution is 2.25. The molecular formula is C16H17F2N. The molecule has 0 aliphatic carbocycles. The Balaban J connectivity index is 2.25. The highest BCUT2D eigenvalue weighted by molar-refractivity contribution is 5.53. The zero-order chi connectivity index (χ0) is 14.0. The van der Waals surface area contributed by atoms with Crippen LogP contribution < -0.4 is 5.32 Å². The van der Waals surface area contributed by atoms with Crippen LogP contribution in [0.15, 0.2) is 36.4 Å². The number of nitrogens with one attached hydrogen (secondary N) is 1. The number of benzene rings is 2. The van der Waals surface area contributed by atoms with Gasteiger partial charge in [0.1, 0.15) is 11.6 Å². The molecule has 19 heavy (non-hydrogen) atoms. The molecular weight excluding hydrogens is 244 g/mol. The zero-order valence-electron chi connectivity index (χ0n) is 11.3. The molecule has 2 aromatic rings. The SMILES string of the molecule is Cc1ccc(C(C)Nc2c(C)cccc2F)cc1F. The van der Waals surface area contributed by atoms with Gasteiger partial charge < -0.3 is 5.32 Å². The molecule has 1 nitrogen and oxygen atoms in total. The lowest BCUT2D eigenvalue weighted by atomic mass is 10.0. The van der Waals surface area contributed by atoms with Crippen LogP contribution in [0, 0.1) is 25.5 Å². The first-order chi connectivity index (χ1) is 8.99. The van der Waals surface area contributed by atoms with Gasteiger partial charge in [-0.25, -0.2) is 8.78 Å². The number of hydrogen-bond acceptors (Lipinski definition) is 1. The van der Waals surface area contributed by atoms with Crippen molar-refractivity contribution >= 4 is 5.69 Å². The Bertz CT molecular complexity index is 573. The number of anilines is 1. The zero-order valence-corrected chi connectivity index (χ0v) is 11.3. The van der Waals surface area contributed by atoms with Gasteiger partial charge in [0.25, 0.3) is 0 Å². The van der Waals surface area contributed by atoms with E-state index in [2.05, 4.69) is 5.32 Å². The van der Waals surface area contributed by atoms with E-state index in [1.165, 1.54) is 12.1 Å². The highest BCUT2D eigenvalue weighted by atomic mass is 19.1. The first kappa shape index (κ1) is 13.5. The van der Waals surface area contributed by atoms with Crippen molar-refractivity contribution in [2.45, 2.75) is 26.8 Å². The van der Waals surface area contributed by atoms with Crippen LogP contribution in [-0.2, 0) is 0 Å². The predicted molar refractivity (Wildman–Crippen MR) is 74.3 cm³/mol. The van der Waals surface area contributed by atoms with Crippen LogP contribution >= 0.6 is 0 Å². The molecule has 0 radical (unpaired) electrons. The van der Waals surface area contributed by atoms with Crippen LogP contribution in [0.25, 0.3) is 0 Å². The Morgan fingerprint density at radius 2 is 1.68 bits per heavy atom. The topological polar surface area (TPSA) is 12.0 Å². The molecule has 2 aromatic carbocycles. The average molecular weight is 261 g/mol. The van der Waals surface area contributed by atoms with Gasteiger partial charge in [-0.15, -0.1) is 0 Å². The van der Waals surface area contributed by atoms with Crippen LogP contribution in [0.1, 0.15) is 29.7 Å². The molecule has 0 amide bonds. The largest absolute Gasteiger partial charge is 0.376 e. The van der Waals surface area contributed by atoms with E-state index >= 15 is 0 Å². The average Bonchev–Trinajstić information content (AvgIpc) is 2.37. The molecule has 0 heterocycles. The second-order valence-corrected chi connectivity index (χ2v) is 4.81. The molecule has 2 rings (SSSR count). The molecule has 1 unspecified atom stereocenters. The van der Waals surface area contributed by atoms with Gasteiger partial charge in [-0.2, -0.15) is 0 Å². The van der Waals surface area contributed by atoms with E-state index in [1.54, 1.807) is 19.1 Å². The minimum absolute atomic E-state index is 0.161. The number of hydrogen-bond donors (Lipinski definition) is 1. The minimum Gasteiger partial charge on any atom is -0.376 e. The molecule has 0 fully saturated rings. The van der Waals surface area contributed by atoms with Crippen molar-refractivity contribution in [3.63, 3.8) is 0 Å². The first-order valence-electron chi connectivity index (χ1n) is 6.26. The monoisotopic (exact) mass is 261 g/mol. The van der Waals surface area contributed by atoms with Crippen molar-refractivity contribution in [1.29, 1.82) is 0 Å². The second-order valence-electron chi connectivity index (χ2n) is 4.81. The Morgan fingerprint density at radius 3 is 2.32 bits per heavy atom. The van der Waals surface area contributed by atoms with E-state index in [4.69, 9.17) is 0 Å². The fourth-order valence-corrected chi connectivity index (χ4v) is 1.99. The molecule has 0 bridgehead atoms. The Hall–Kier alpha value is -1.90. The van der Waals surface area contributed by atoms with Crippen molar-refractivity contribution < 1.29 is 8.78 Å². The van der Waals surface area contributed by atoms with Crippen molar-refractivity contribution in [2.75, 3.05) is 5.32 Å². The first-order valence-corrected chi connectivity index (χ1v) is 6.26. The third-order valence-corrected chi connectivity index (χ3v) is 3.28. The van der Waals surface area contributed by atoms with Gasteiger partial charge in [0.15, 0.2) is 0 Å². The highest BCUT2D eigenvalue weighted by Gasteiger charge is 2.11. The molecule has 3 heteroatoms. The van der Waals surface area contributed by atoms with Gasteiger partial charge in [0, 0.05) is 6.04 Å². The van der Waals surface area contributed by atoms with Crippen molar-refractivity contribution in [1.82, 2.24) is 0 Å². The van der Waals surface area contributed by atoms with Crippen molar-refractivity contribution in [2.24, 2.45) is 0 Å². The maximum atomic E-state index is 13.7. The van der Waals surface area contributed by atoms with Gasteiger partial charge in [-0.3, -0.25) is 0 Å². The number of para-hydroxylation sites is 1. The fourth-order valence-electron chi connectivity index (χ4n) is 1.99. The summed E-state index contributed by atoms with van der Waals surface area (Å²) in [6.45, 7) is 5.45. The molecule has 0 aliphatic rings. The van der Waals surface area contributed by atoms with Gasteiger partial charge in [0.2, 0.25) is 0 Å². The Kier molecular flexibility index (Phi) is 3.84. The van der Waals surface area contributed by atoms with Crippen LogP contribution in [-0.4, -0.2) is 0 Å². The standard InChI is InChI=1S/C16H17F2N/c1-10-7-8-13(9-15(10)18)12(3)19-16-11(2)5-4-6-14(16)17/h4-9,12,19H,1-3H3. The van der Waals surface area contributed by atoms with E-state index in [-0.39, 0.29) is 17.7 Å². The van der Waals surface area contributed by atoms with Crippen LogP contribution in [0.3, 0.4) is 0 Å². The molecule has 100 valence electrons. The summed E-state index contributed by atoms with van der Waals surface area (Å²) in [5.41, 5.74) is 2.71. The lowest BCUT2D eigenvalue weighted by molar-refractivity contribution is 0.613. The third-order valence-electron chi connectivity index (χ3n) is 3.28. The lowest BCUT2D eigenvalue weighted by Crippen LogP contribution is -2.09. The lowest BCUT2D eigenvalue weighted by Gasteiger charge is -2.18. The number of rotatable bonds is 3. The number of halogens is 2. The maximum absolute atomic E-state index is 13.7. The Labute approximate surface area is 112 Å². The van der Waals surface area contributed by atoms with Crippen LogP contribution in [0.5, 0.6) is 0 Å². The molecule has 0 spiro atoms. The normalized spacial score (nSPS) is 12.3.